The van der Waals surface area contributed by atoms with E-state index in [2.05, 4.69) is 5.32 Å². The van der Waals surface area contributed by atoms with Crippen LogP contribution in [-0.4, -0.2) is 22.7 Å². The molecule has 6 heteroatoms. The molecule has 1 aromatic carbocycles. The van der Waals surface area contributed by atoms with Crippen molar-refractivity contribution in [3.63, 3.8) is 0 Å². The maximum absolute atomic E-state index is 13.8. The molecular weight excluding hydrogens is 251 g/mol. The molecule has 1 aliphatic rings. The fourth-order valence-corrected chi connectivity index (χ4v) is 2.67. The van der Waals surface area contributed by atoms with Gasteiger partial charge in [0.1, 0.15) is 0 Å². The van der Waals surface area contributed by atoms with E-state index >= 15 is 0 Å². The van der Waals surface area contributed by atoms with Crippen molar-refractivity contribution in [3.8, 4) is 0 Å². The van der Waals surface area contributed by atoms with Crippen molar-refractivity contribution in [3.05, 3.63) is 34.1 Å². The van der Waals surface area contributed by atoms with Gasteiger partial charge in [-0.3, -0.25) is 10.1 Å². The molecule has 2 rings (SSSR count). The highest BCUT2D eigenvalue weighted by molar-refractivity contribution is 5.50. The summed E-state index contributed by atoms with van der Waals surface area (Å²) in [5.41, 5.74) is 0.0434. The average Bonchev–Trinajstić information content (AvgIpc) is 2.79. The van der Waals surface area contributed by atoms with Gasteiger partial charge in [0.15, 0.2) is 5.82 Å². The van der Waals surface area contributed by atoms with E-state index in [4.69, 9.17) is 5.11 Å². The minimum atomic E-state index is -0.614. The summed E-state index contributed by atoms with van der Waals surface area (Å²) in [5.74, 6) is -0.275. The third kappa shape index (κ3) is 3.20. The maximum atomic E-state index is 13.8. The highest BCUT2D eigenvalue weighted by Crippen LogP contribution is 2.32. The number of hydrogen-bond acceptors (Lipinski definition) is 4. The fraction of sp³-hybridized carbons (Fsp3) is 0.538. The van der Waals surface area contributed by atoms with Gasteiger partial charge < -0.3 is 10.4 Å². The standard InChI is InChI=1S/C13H17FN2O3/c14-11-8-10(16(18)19)4-5-13(11)15-12-3-1-2-9(12)6-7-17/h4-5,8-9,12,15,17H,1-3,6-7H2. The van der Waals surface area contributed by atoms with E-state index in [0.717, 1.165) is 25.3 Å². The summed E-state index contributed by atoms with van der Waals surface area (Å²) in [6, 6.07) is 3.75. The Morgan fingerprint density at radius 1 is 1.47 bits per heavy atom. The molecule has 5 nitrogen and oxygen atoms in total. The van der Waals surface area contributed by atoms with Gasteiger partial charge in [0.05, 0.1) is 16.7 Å². The Hall–Kier alpha value is -1.69. The van der Waals surface area contributed by atoms with Crippen LogP contribution in [0.3, 0.4) is 0 Å². The Labute approximate surface area is 110 Å². The second kappa shape index (κ2) is 5.97. The topological polar surface area (TPSA) is 75.4 Å². The van der Waals surface area contributed by atoms with Crippen LogP contribution < -0.4 is 5.32 Å². The number of nitrogens with zero attached hydrogens (tertiary/aromatic N) is 1. The Morgan fingerprint density at radius 2 is 2.26 bits per heavy atom. The highest BCUT2D eigenvalue weighted by atomic mass is 19.1. The molecular formula is C13H17FN2O3. The largest absolute Gasteiger partial charge is 0.396 e. The molecule has 1 aromatic rings. The fourth-order valence-electron chi connectivity index (χ4n) is 2.67. The third-order valence-electron chi connectivity index (χ3n) is 3.66. The molecule has 2 N–H and O–H groups in total. The van der Waals surface area contributed by atoms with Crippen LogP contribution in [0.25, 0.3) is 0 Å². The zero-order valence-corrected chi connectivity index (χ0v) is 10.5. The van der Waals surface area contributed by atoms with E-state index in [1.165, 1.54) is 12.1 Å². The van der Waals surface area contributed by atoms with Crippen LogP contribution >= 0.6 is 0 Å². The normalized spacial score (nSPS) is 22.4. The number of aliphatic hydroxyl groups is 1. The second-order valence-electron chi connectivity index (χ2n) is 4.88. The quantitative estimate of drug-likeness (QED) is 0.636. The van der Waals surface area contributed by atoms with Crippen molar-refractivity contribution in [2.45, 2.75) is 31.7 Å². The van der Waals surface area contributed by atoms with E-state index in [0.29, 0.717) is 18.0 Å². The van der Waals surface area contributed by atoms with Crippen molar-refractivity contribution in [1.82, 2.24) is 0 Å². The number of aliphatic hydroxyl groups excluding tert-OH is 1. The minimum absolute atomic E-state index is 0.128. The first kappa shape index (κ1) is 13.7. The Kier molecular flexibility index (Phi) is 4.31. The molecule has 19 heavy (non-hydrogen) atoms. The Morgan fingerprint density at radius 3 is 2.89 bits per heavy atom. The van der Waals surface area contributed by atoms with E-state index in [-0.39, 0.29) is 18.3 Å². The molecule has 104 valence electrons. The summed E-state index contributed by atoms with van der Waals surface area (Å²) in [6.45, 7) is 0.131. The first-order valence-corrected chi connectivity index (χ1v) is 6.43. The van der Waals surface area contributed by atoms with Gasteiger partial charge in [-0.1, -0.05) is 6.42 Å². The number of nitro groups is 1. The van der Waals surface area contributed by atoms with Crippen LogP contribution in [0.4, 0.5) is 15.8 Å². The number of non-ortho nitro benzene ring substituents is 1. The summed E-state index contributed by atoms with van der Waals surface area (Å²) >= 11 is 0. The van der Waals surface area contributed by atoms with Gasteiger partial charge in [-0.05, 0) is 31.2 Å². The molecule has 1 fully saturated rings. The van der Waals surface area contributed by atoms with E-state index in [1.54, 1.807) is 0 Å². The first-order valence-electron chi connectivity index (χ1n) is 6.43. The predicted molar refractivity (Wildman–Crippen MR) is 69.5 cm³/mol. The molecule has 2 atom stereocenters. The van der Waals surface area contributed by atoms with Crippen molar-refractivity contribution in [2.75, 3.05) is 11.9 Å². The molecule has 0 spiro atoms. The zero-order chi connectivity index (χ0) is 13.8. The molecule has 0 aromatic heterocycles. The summed E-state index contributed by atoms with van der Waals surface area (Å²) in [7, 11) is 0. The number of benzene rings is 1. The third-order valence-corrected chi connectivity index (χ3v) is 3.66. The molecule has 0 heterocycles. The molecule has 0 amide bonds. The summed E-state index contributed by atoms with van der Waals surface area (Å²) in [6.07, 6.45) is 3.71. The van der Waals surface area contributed by atoms with Crippen molar-refractivity contribution >= 4 is 11.4 Å². The van der Waals surface area contributed by atoms with Gasteiger partial charge in [0, 0.05) is 18.7 Å². The van der Waals surface area contributed by atoms with Crippen LogP contribution in [0.15, 0.2) is 18.2 Å². The average molecular weight is 268 g/mol. The molecule has 0 aliphatic heterocycles. The minimum Gasteiger partial charge on any atom is -0.396 e. The lowest BCUT2D eigenvalue weighted by molar-refractivity contribution is -0.385. The number of rotatable bonds is 5. The van der Waals surface area contributed by atoms with Gasteiger partial charge in [-0.25, -0.2) is 4.39 Å². The summed E-state index contributed by atoms with van der Waals surface area (Å²) < 4.78 is 13.8. The van der Waals surface area contributed by atoms with Crippen LogP contribution in [0.5, 0.6) is 0 Å². The van der Waals surface area contributed by atoms with Crippen molar-refractivity contribution in [2.24, 2.45) is 5.92 Å². The van der Waals surface area contributed by atoms with Crippen LogP contribution in [0.2, 0.25) is 0 Å². The summed E-state index contributed by atoms with van der Waals surface area (Å²) in [5, 5.41) is 22.6. The van der Waals surface area contributed by atoms with E-state index in [1.807, 2.05) is 0 Å². The van der Waals surface area contributed by atoms with Gasteiger partial charge in [-0.2, -0.15) is 0 Å². The number of hydrogen-bond donors (Lipinski definition) is 2. The van der Waals surface area contributed by atoms with Gasteiger partial charge in [0.25, 0.3) is 5.69 Å². The van der Waals surface area contributed by atoms with Crippen molar-refractivity contribution < 1.29 is 14.4 Å². The zero-order valence-electron chi connectivity index (χ0n) is 10.5. The molecule has 2 unspecified atom stereocenters. The Bertz CT molecular complexity index is 467. The lowest BCUT2D eigenvalue weighted by Crippen LogP contribution is -2.25. The number of halogens is 1. The molecule has 0 radical (unpaired) electrons. The van der Waals surface area contributed by atoms with Gasteiger partial charge >= 0.3 is 0 Å². The molecule has 0 bridgehead atoms. The smallest absolute Gasteiger partial charge is 0.272 e. The van der Waals surface area contributed by atoms with Crippen LogP contribution in [-0.2, 0) is 0 Å². The molecule has 1 aliphatic carbocycles. The number of anilines is 1. The maximum Gasteiger partial charge on any atom is 0.272 e. The van der Waals surface area contributed by atoms with Gasteiger partial charge in [0.2, 0.25) is 0 Å². The predicted octanol–water partition coefficient (Wildman–Crippen LogP) is 2.70. The van der Waals surface area contributed by atoms with E-state index < -0.39 is 10.7 Å². The lowest BCUT2D eigenvalue weighted by Gasteiger charge is -2.21. The Balaban J connectivity index is 2.08. The van der Waals surface area contributed by atoms with Gasteiger partial charge in [-0.15, -0.1) is 0 Å². The first-order chi connectivity index (χ1) is 9.11. The molecule has 0 saturated heterocycles. The SMILES string of the molecule is O=[N+]([O-])c1ccc(NC2CCCC2CCO)c(F)c1. The highest BCUT2D eigenvalue weighted by Gasteiger charge is 2.27. The van der Waals surface area contributed by atoms with Crippen LogP contribution in [0, 0.1) is 21.8 Å². The summed E-state index contributed by atoms with van der Waals surface area (Å²) in [4.78, 5) is 9.92. The van der Waals surface area contributed by atoms with E-state index in [9.17, 15) is 14.5 Å². The second-order valence-corrected chi connectivity index (χ2v) is 4.88. The monoisotopic (exact) mass is 268 g/mol. The number of nitro benzene ring substituents is 1. The molecule has 1 saturated carbocycles. The lowest BCUT2D eigenvalue weighted by atomic mass is 10.00. The number of nitrogens with one attached hydrogen (secondary N) is 1. The van der Waals surface area contributed by atoms with Crippen molar-refractivity contribution in [1.29, 1.82) is 0 Å². The van der Waals surface area contributed by atoms with Crippen LogP contribution in [0.1, 0.15) is 25.7 Å².